The zero-order chi connectivity index (χ0) is 23.4. The molecule has 172 valence electrons. The van der Waals surface area contributed by atoms with Crippen LogP contribution in [-0.2, 0) is 14.8 Å². The van der Waals surface area contributed by atoms with Crippen LogP contribution < -0.4 is 4.90 Å². The summed E-state index contributed by atoms with van der Waals surface area (Å²) in [5, 5.41) is 1.83. The van der Waals surface area contributed by atoms with Crippen LogP contribution in [0.3, 0.4) is 0 Å². The molecule has 2 aromatic heterocycles. The van der Waals surface area contributed by atoms with E-state index in [-0.39, 0.29) is 30.2 Å². The van der Waals surface area contributed by atoms with Gasteiger partial charge in [-0.15, -0.1) is 11.3 Å². The van der Waals surface area contributed by atoms with E-state index < -0.39 is 16.0 Å². The number of benzene rings is 1. The fraction of sp³-hybridized carbons (Fsp3) is 0.273. The highest BCUT2D eigenvalue weighted by Gasteiger charge is 2.29. The third-order valence-corrected chi connectivity index (χ3v) is 8.03. The normalized spacial score (nSPS) is 14.8. The number of nitrogens with zero attached hydrogens (tertiary/aromatic N) is 4. The molecule has 0 N–H and O–H groups in total. The Balaban J connectivity index is 1.42. The van der Waals surface area contributed by atoms with Gasteiger partial charge in [0, 0.05) is 44.1 Å². The van der Waals surface area contributed by atoms with E-state index >= 15 is 0 Å². The van der Waals surface area contributed by atoms with Gasteiger partial charge in [-0.1, -0.05) is 12.1 Å². The summed E-state index contributed by atoms with van der Waals surface area (Å²) < 4.78 is 32.6. The molecule has 1 saturated heterocycles. The zero-order valence-electron chi connectivity index (χ0n) is 17.9. The van der Waals surface area contributed by atoms with Gasteiger partial charge in [0.25, 0.3) is 0 Å². The molecule has 0 amide bonds. The Hall–Kier alpha value is -3.15. The van der Waals surface area contributed by atoms with Crippen LogP contribution in [-0.4, -0.2) is 67.7 Å². The van der Waals surface area contributed by atoms with Crippen molar-refractivity contribution in [2.24, 2.45) is 0 Å². The lowest BCUT2D eigenvalue weighted by molar-refractivity contribution is 0.0525. The van der Waals surface area contributed by atoms with Gasteiger partial charge in [-0.3, -0.25) is 4.79 Å². The number of esters is 1. The molecule has 0 aliphatic carbocycles. The molecule has 0 atom stereocenters. The summed E-state index contributed by atoms with van der Waals surface area (Å²) in [7, 11) is -3.66. The largest absolute Gasteiger partial charge is 0.462 e. The maximum absolute atomic E-state index is 13.1. The maximum Gasteiger partial charge on any atom is 0.341 e. The van der Waals surface area contributed by atoms with Gasteiger partial charge < -0.3 is 9.64 Å². The smallest absolute Gasteiger partial charge is 0.341 e. The molecule has 1 aromatic carbocycles. The van der Waals surface area contributed by atoms with Crippen molar-refractivity contribution in [3.05, 3.63) is 58.5 Å². The molecule has 0 radical (unpaired) electrons. The van der Waals surface area contributed by atoms with Crippen molar-refractivity contribution in [3.8, 4) is 11.1 Å². The molecule has 0 saturated carbocycles. The van der Waals surface area contributed by atoms with Crippen molar-refractivity contribution in [1.29, 1.82) is 0 Å². The van der Waals surface area contributed by atoms with Crippen molar-refractivity contribution < 1.29 is 22.7 Å². The molecule has 0 spiro atoms. The van der Waals surface area contributed by atoms with E-state index in [9.17, 15) is 18.0 Å². The topological polar surface area (TPSA) is 110 Å². The van der Waals surface area contributed by atoms with Crippen molar-refractivity contribution in [2.75, 3.05) is 37.7 Å². The second-order valence-corrected chi connectivity index (χ2v) is 10.1. The second-order valence-electron chi connectivity index (χ2n) is 7.22. The van der Waals surface area contributed by atoms with E-state index in [2.05, 4.69) is 9.97 Å². The first kappa shape index (κ1) is 23.0. The Labute approximate surface area is 195 Å². The fourth-order valence-corrected chi connectivity index (χ4v) is 5.68. The molecular formula is C22H22N4O5S2. The summed E-state index contributed by atoms with van der Waals surface area (Å²) in [6.45, 7) is 3.41. The van der Waals surface area contributed by atoms with E-state index in [4.69, 9.17) is 4.74 Å². The van der Waals surface area contributed by atoms with E-state index in [1.807, 2.05) is 16.3 Å². The Morgan fingerprint density at radius 1 is 1.09 bits per heavy atom. The lowest BCUT2D eigenvalue weighted by Crippen LogP contribution is -2.49. The predicted molar refractivity (Wildman–Crippen MR) is 124 cm³/mol. The van der Waals surface area contributed by atoms with Crippen LogP contribution >= 0.6 is 11.3 Å². The quantitative estimate of drug-likeness (QED) is 0.370. The number of aldehydes is 1. The van der Waals surface area contributed by atoms with Crippen LogP contribution in [0, 0.1) is 0 Å². The third-order valence-electron chi connectivity index (χ3n) is 5.28. The fourth-order valence-electron chi connectivity index (χ4n) is 3.54. The molecule has 4 rings (SSSR count). The molecular weight excluding hydrogens is 464 g/mol. The number of hydrogen-bond donors (Lipinski definition) is 0. The minimum Gasteiger partial charge on any atom is -0.462 e. The number of piperazine rings is 1. The molecule has 1 fully saturated rings. The lowest BCUT2D eigenvalue weighted by Gasteiger charge is -2.34. The number of carbonyl (C=O) groups is 2. The number of anilines is 1. The van der Waals surface area contributed by atoms with Gasteiger partial charge in [-0.05, 0) is 36.1 Å². The van der Waals surface area contributed by atoms with Crippen LogP contribution in [0.15, 0.2) is 53.0 Å². The lowest BCUT2D eigenvalue weighted by atomic mass is 10.1. The van der Waals surface area contributed by atoms with Crippen molar-refractivity contribution in [1.82, 2.24) is 14.3 Å². The third kappa shape index (κ3) is 4.80. The predicted octanol–water partition coefficient (Wildman–Crippen LogP) is 2.71. The monoisotopic (exact) mass is 486 g/mol. The van der Waals surface area contributed by atoms with E-state index in [0.29, 0.717) is 23.9 Å². The average Bonchev–Trinajstić information content (AvgIpc) is 3.33. The van der Waals surface area contributed by atoms with Crippen molar-refractivity contribution in [2.45, 2.75) is 11.8 Å². The number of aromatic nitrogens is 2. The molecule has 11 heteroatoms. The number of rotatable bonds is 7. The van der Waals surface area contributed by atoms with Gasteiger partial charge in [0.05, 0.1) is 21.9 Å². The molecule has 0 unspecified atom stereocenters. The summed E-state index contributed by atoms with van der Waals surface area (Å²) in [5.74, 6) is -0.0430. The van der Waals surface area contributed by atoms with Crippen LogP contribution in [0.25, 0.3) is 11.1 Å². The molecule has 0 bridgehead atoms. The maximum atomic E-state index is 13.1. The minimum atomic E-state index is -3.66. The van der Waals surface area contributed by atoms with Gasteiger partial charge in [0.15, 0.2) is 6.29 Å². The highest BCUT2D eigenvalue weighted by atomic mass is 32.2. The SMILES string of the molecule is CCOC(=O)c1cnc(N2CCN(S(=O)(=O)c3ccc(-c4ccsc4C=O)cc3)CC2)nc1. The molecule has 1 aliphatic heterocycles. The van der Waals surface area contributed by atoms with E-state index in [1.54, 1.807) is 31.2 Å². The summed E-state index contributed by atoms with van der Waals surface area (Å²) >= 11 is 1.35. The van der Waals surface area contributed by atoms with Gasteiger partial charge in [0.1, 0.15) is 0 Å². The summed E-state index contributed by atoms with van der Waals surface area (Å²) in [4.78, 5) is 34.0. The molecule has 3 aromatic rings. The number of sulfonamides is 1. The van der Waals surface area contributed by atoms with E-state index in [1.165, 1.54) is 28.0 Å². The van der Waals surface area contributed by atoms with Gasteiger partial charge in [-0.25, -0.2) is 23.2 Å². The Kier molecular flexibility index (Phi) is 6.82. The zero-order valence-corrected chi connectivity index (χ0v) is 19.5. The number of carbonyl (C=O) groups excluding carboxylic acids is 2. The highest BCUT2D eigenvalue weighted by molar-refractivity contribution is 7.89. The second kappa shape index (κ2) is 9.77. The van der Waals surface area contributed by atoms with Gasteiger partial charge in [-0.2, -0.15) is 4.31 Å². The number of ether oxygens (including phenoxy) is 1. The van der Waals surface area contributed by atoms with Crippen molar-refractivity contribution in [3.63, 3.8) is 0 Å². The van der Waals surface area contributed by atoms with Gasteiger partial charge >= 0.3 is 5.97 Å². The molecule has 33 heavy (non-hydrogen) atoms. The summed E-state index contributed by atoms with van der Waals surface area (Å²) in [6, 6.07) is 8.42. The average molecular weight is 487 g/mol. The van der Waals surface area contributed by atoms with Crippen LogP contribution in [0.1, 0.15) is 27.0 Å². The Bertz CT molecular complexity index is 1230. The van der Waals surface area contributed by atoms with Crippen LogP contribution in [0.4, 0.5) is 5.95 Å². The van der Waals surface area contributed by atoms with Crippen molar-refractivity contribution >= 4 is 39.6 Å². The summed E-state index contributed by atoms with van der Waals surface area (Å²) in [6.07, 6.45) is 3.63. The molecule has 3 heterocycles. The van der Waals surface area contributed by atoms with Crippen LogP contribution in [0.5, 0.6) is 0 Å². The summed E-state index contributed by atoms with van der Waals surface area (Å²) in [5.41, 5.74) is 1.86. The first-order valence-electron chi connectivity index (χ1n) is 10.3. The molecule has 9 nitrogen and oxygen atoms in total. The van der Waals surface area contributed by atoms with Crippen LogP contribution in [0.2, 0.25) is 0 Å². The Morgan fingerprint density at radius 3 is 2.36 bits per heavy atom. The minimum absolute atomic E-state index is 0.206. The first-order valence-corrected chi connectivity index (χ1v) is 12.6. The highest BCUT2D eigenvalue weighted by Crippen LogP contribution is 2.29. The standard InChI is InChI=1S/C22H22N4O5S2/c1-2-31-21(28)17-13-23-22(24-14-17)25-8-10-26(11-9-25)33(29,30)18-5-3-16(4-6-18)19-7-12-32-20(19)15-27/h3-7,12-15H,2,8-11H2,1H3. The van der Waals surface area contributed by atoms with E-state index in [0.717, 1.165) is 17.4 Å². The van der Waals surface area contributed by atoms with Gasteiger partial charge in [0.2, 0.25) is 16.0 Å². The number of hydrogen-bond acceptors (Lipinski definition) is 9. The number of thiophene rings is 1. The molecule has 1 aliphatic rings. The Morgan fingerprint density at radius 2 is 1.76 bits per heavy atom. The first-order chi connectivity index (χ1) is 15.9.